The van der Waals surface area contributed by atoms with E-state index in [1.54, 1.807) is 24.4 Å². The monoisotopic (exact) mass is 493 g/mol. The molecule has 0 atom stereocenters. The molecule has 9 heteroatoms. The van der Waals surface area contributed by atoms with Crippen molar-refractivity contribution in [2.45, 2.75) is 6.54 Å². The average Bonchev–Trinajstić information content (AvgIpc) is 3.16. The van der Waals surface area contributed by atoms with Crippen molar-refractivity contribution in [3.63, 3.8) is 0 Å². The number of carbonyl (C=O) groups is 2. The average molecular weight is 495 g/mol. The normalized spacial score (nSPS) is 10.9. The summed E-state index contributed by atoms with van der Waals surface area (Å²) in [5.74, 6) is -0.625. The molecule has 0 saturated carbocycles. The summed E-state index contributed by atoms with van der Waals surface area (Å²) in [5, 5.41) is 5.56. The van der Waals surface area contributed by atoms with Gasteiger partial charge in [-0.05, 0) is 54.6 Å². The lowest BCUT2D eigenvalue weighted by atomic mass is 10.3. The molecule has 0 bridgehead atoms. The van der Waals surface area contributed by atoms with E-state index in [0.29, 0.717) is 22.2 Å². The van der Waals surface area contributed by atoms with Crippen LogP contribution in [0.1, 0.15) is 11.5 Å². The Kier molecular flexibility index (Phi) is 7.09. The smallest absolute Gasteiger partial charge is 0.313 e. The highest BCUT2D eigenvalue weighted by atomic mass is 79.9. The molecule has 1 aromatic heterocycles. The van der Waals surface area contributed by atoms with Crippen LogP contribution in [-0.2, 0) is 16.1 Å². The minimum absolute atomic E-state index is 0.0553. The molecule has 0 aliphatic rings. The van der Waals surface area contributed by atoms with Gasteiger partial charge in [-0.15, -0.1) is 0 Å². The van der Waals surface area contributed by atoms with Crippen LogP contribution in [0.3, 0.4) is 0 Å². The highest BCUT2D eigenvalue weighted by molar-refractivity contribution is 9.10. The van der Waals surface area contributed by atoms with E-state index >= 15 is 0 Å². The SMILES string of the molecule is O=C(NCc1ccc(C=Nc2ccc(Br)cc2)o1)C(=O)Nc1ccc(Cl)c(Cl)c1. The van der Waals surface area contributed by atoms with Crippen LogP contribution in [0.2, 0.25) is 10.0 Å². The summed E-state index contributed by atoms with van der Waals surface area (Å²) < 4.78 is 6.54. The molecule has 2 N–H and O–H groups in total. The fourth-order valence-electron chi connectivity index (χ4n) is 2.23. The van der Waals surface area contributed by atoms with Crippen LogP contribution in [0.15, 0.2) is 68.5 Å². The Balaban J connectivity index is 1.51. The van der Waals surface area contributed by atoms with Crippen LogP contribution in [0.25, 0.3) is 0 Å². The Morgan fingerprint density at radius 3 is 2.48 bits per heavy atom. The van der Waals surface area contributed by atoms with Gasteiger partial charge in [-0.2, -0.15) is 0 Å². The summed E-state index contributed by atoms with van der Waals surface area (Å²) in [4.78, 5) is 28.2. The maximum absolute atomic E-state index is 12.0. The molecule has 2 aromatic carbocycles. The zero-order chi connectivity index (χ0) is 20.8. The summed E-state index contributed by atoms with van der Waals surface area (Å²) in [7, 11) is 0. The first kappa shape index (κ1) is 21.1. The fraction of sp³-hybridized carbons (Fsp3) is 0.0500. The molecule has 6 nitrogen and oxygen atoms in total. The minimum Gasteiger partial charge on any atom is -0.458 e. The first-order chi connectivity index (χ1) is 13.9. The van der Waals surface area contributed by atoms with Gasteiger partial charge in [-0.3, -0.25) is 14.6 Å². The lowest BCUT2D eigenvalue weighted by Gasteiger charge is -2.06. The van der Waals surface area contributed by atoms with E-state index in [0.717, 1.165) is 10.2 Å². The fourth-order valence-corrected chi connectivity index (χ4v) is 2.80. The number of aliphatic imine (C=N–C) groups is 1. The summed E-state index contributed by atoms with van der Waals surface area (Å²) >= 11 is 15.1. The molecule has 29 heavy (non-hydrogen) atoms. The third kappa shape index (κ3) is 6.19. The molecule has 0 aliphatic carbocycles. The molecule has 0 aliphatic heterocycles. The van der Waals surface area contributed by atoms with Crippen LogP contribution >= 0.6 is 39.1 Å². The van der Waals surface area contributed by atoms with Crippen molar-refractivity contribution in [2.24, 2.45) is 4.99 Å². The Morgan fingerprint density at radius 2 is 1.76 bits per heavy atom. The largest absolute Gasteiger partial charge is 0.458 e. The van der Waals surface area contributed by atoms with Crippen LogP contribution in [-0.4, -0.2) is 18.0 Å². The number of anilines is 1. The number of amides is 2. The van der Waals surface area contributed by atoms with E-state index in [-0.39, 0.29) is 11.6 Å². The molecule has 0 unspecified atom stereocenters. The zero-order valence-corrected chi connectivity index (χ0v) is 17.9. The first-order valence-corrected chi connectivity index (χ1v) is 9.88. The van der Waals surface area contributed by atoms with Crippen molar-refractivity contribution in [1.82, 2.24) is 5.32 Å². The molecule has 1 heterocycles. The highest BCUT2D eigenvalue weighted by Crippen LogP contribution is 2.25. The zero-order valence-electron chi connectivity index (χ0n) is 14.8. The van der Waals surface area contributed by atoms with E-state index in [1.807, 2.05) is 24.3 Å². The number of rotatable bonds is 5. The molecule has 3 rings (SSSR count). The Morgan fingerprint density at radius 1 is 1.00 bits per heavy atom. The van der Waals surface area contributed by atoms with Crippen LogP contribution < -0.4 is 10.6 Å². The van der Waals surface area contributed by atoms with Crippen molar-refractivity contribution in [2.75, 3.05) is 5.32 Å². The van der Waals surface area contributed by atoms with Gasteiger partial charge in [0.2, 0.25) is 0 Å². The third-order valence-corrected chi connectivity index (χ3v) is 4.92. The number of furan rings is 1. The van der Waals surface area contributed by atoms with Gasteiger partial charge in [-0.25, -0.2) is 0 Å². The standard InChI is InChI=1S/C20H14BrCl2N3O3/c21-12-1-3-13(4-2-12)24-10-15-6-7-16(29-15)11-25-19(27)20(28)26-14-5-8-17(22)18(23)9-14/h1-10H,11H2,(H,25,27)(H,26,28). The molecule has 0 fully saturated rings. The summed E-state index contributed by atoms with van der Waals surface area (Å²) in [6.07, 6.45) is 1.57. The van der Waals surface area contributed by atoms with Gasteiger partial charge in [0, 0.05) is 10.2 Å². The third-order valence-electron chi connectivity index (χ3n) is 3.66. The summed E-state index contributed by atoms with van der Waals surface area (Å²) in [5.41, 5.74) is 1.14. The van der Waals surface area contributed by atoms with Gasteiger partial charge in [0.15, 0.2) is 0 Å². The molecule has 0 spiro atoms. The van der Waals surface area contributed by atoms with E-state index in [1.165, 1.54) is 12.1 Å². The van der Waals surface area contributed by atoms with E-state index in [4.69, 9.17) is 27.6 Å². The Bertz CT molecular complexity index is 1070. The molecular weight excluding hydrogens is 481 g/mol. The maximum Gasteiger partial charge on any atom is 0.313 e. The second-order valence-electron chi connectivity index (χ2n) is 5.80. The van der Waals surface area contributed by atoms with Crippen LogP contribution in [0.5, 0.6) is 0 Å². The van der Waals surface area contributed by atoms with Crippen molar-refractivity contribution >= 4 is 68.5 Å². The number of nitrogens with one attached hydrogen (secondary N) is 2. The summed E-state index contributed by atoms with van der Waals surface area (Å²) in [6, 6.07) is 15.4. The van der Waals surface area contributed by atoms with Crippen LogP contribution in [0.4, 0.5) is 11.4 Å². The molecule has 0 saturated heterocycles. The number of hydrogen-bond donors (Lipinski definition) is 2. The number of nitrogens with zero attached hydrogens (tertiary/aromatic N) is 1. The quantitative estimate of drug-likeness (QED) is 0.370. The summed E-state index contributed by atoms with van der Waals surface area (Å²) in [6.45, 7) is 0.0553. The highest BCUT2D eigenvalue weighted by Gasteiger charge is 2.14. The van der Waals surface area contributed by atoms with Crippen molar-refractivity contribution in [3.8, 4) is 0 Å². The number of halogens is 3. The number of benzene rings is 2. The topological polar surface area (TPSA) is 83.7 Å². The minimum atomic E-state index is -0.827. The van der Waals surface area contributed by atoms with Crippen LogP contribution in [0, 0.1) is 0 Å². The second kappa shape index (κ2) is 9.73. The molecule has 3 aromatic rings. The lowest BCUT2D eigenvalue weighted by molar-refractivity contribution is -0.136. The Labute approximate surface area is 185 Å². The van der Waals surface area contributed by atoms with Gasteiger partial charge in [0.05, 0.1) is 28.5 Å². The van der Waals surface area contributed by atoms with Gasteiger partial charge < -0.3 is 15.1 Å². The predicted octanol–water partition coefficient (Wildman–Crippen LogP) is 5.35. The lowest BCUT2D eigenvalue weighted by Crippen LogP contribution is -2.34. The van der Waals surface area contributed by atoms with Gasteiger partial charge >= 0.3 is 11.8 Å². The van der Waals surface area contributed by atoms with Gasteiger partial charge in [0.25, 0.3) is 0 Å². The van der Waals surface area contributed by atoms with E-state index in [9.17, 15) is 9.59 Å². The molecule has 148 valence electrons. The van der Waals surface area contributed by atoms with Crippen molar-refractivity contribution < 1.29 is 14.0 Å². The van der Waals surface area contributed by atoms with Crippen molar-refractivity contribution in [3.05, 3.63) is 80.6 Å². The number of hydrogen-bond acceptors (Lipinski definition) is 4. The molecular formula is C20H14BrCl2N3O3. The Hall–Kier alpha value is -2.61. The maximum atomic E-state index is 12.0. The number of carbonyl (C=O) groups excluding carboxylic acids is 2. The predicted molar refractivity (Wildman–Crippen MR) is 117 cm³/mol. The second-order valence-corrected chi connectivity index (χ2v) is 7.53. The molecule has 2 amide bonds. The van der Waals surface area contributed by atoms with Gasteiger partial charge in [0.1, 0.15) is 11.5 Å². The van der Waals surface area contributed by atoms with Crippen molar-refractivity contribution in [1.29, 1.82) is 0 Å². The van der Waals surface area contributed by atoms with Gasteiger partial charge in [-0.1, -0.05) is 39.1 Å². The van der Waals surface area contributed by atoms with E-state index < -0.39 is 11.8 Å². The van der Waals surface area contributed by atoms with E-state index in [2.05, 4.69) is 31.6 Å². The first-order valence-electron chi connectivity index (χ1n) is 8.33. The molecule has 0 radical (unpaired) electrons.